The monoisotopic (exact) mass is 668 g/mol. The fraction of sp³-hybridized carbons (Fsp3) is 0.757. The Morgan fingerprint density at radius 1 is 0.696 bits per heavy atom. The smallest absolute Gasteiger partial charge is 0.387 e. The van der Waals surface area contributed by atoms with Crippen LogP contribution in [0.15, 0.2) is 48.6 Å². The zero-order valence-electron chi connectivity index (χ0n) is 29.3. The molecule has 0 radical (unpaired) electrons. The Hall–Kier alpha value is -1.54. The molecule has 0 spiro atoms. The second kappa shape index (κ2) is 33.4. The molecule has 0 bridgehead atoms. The van der Waals surface area contributed by atoms with Crippen LogP contribution in [0, 0.1) is 0 Å². The van der Waals surface area contributed by atoms with E-state index in [-0.39, 0.29) is 25.7 Å². The van der Waals surface area contributed by atoms with Crippen LogP contribution in [0.4, 0.5) is 0 Å². The number of allylic oxidation sites excluding steroid dienone is 7. The molecule has 268 valence electrons. The Morgan fingerprint density at radius 2 is 1.17 bits per heavy atom. The van der Waals surface area contributed by atoms with Gasteiger partial charge in [0.25, 0.3) is 0 Å². The minimum absolute atomic E-state index is 0.0689. The molecular formula is C37H69N2O6P. The van der Waals surface area contributed by atoms with Crippen LogP contribution in [0.3, 0.4) is 0 Å². The van der Waals surface area contributed by atoms with Crippen LogP contribution >= 0.6 is 7.82 Å². The number of amides is 1. The number of carbonyl (C=O) groups is 1. The predicted octanol–water partition coefficient (Wildman–Crippen LogP) is 9.38. The summed E-state index contributed by atoms with van der Waals surface area (Å²) < 4.78 is 22.0. The Labute approximate surface area is 282 Å². The molecule has 9 heteroatoms. The first kappa shape index (κ1) is 44.5. The molecule has 0 rings (SSSR count). The molecule has 8 nitrogen and oxygen atoms in total. The van der Waals surface area contributed by atoms with Crippen molar-refractivity contribution in [1.82, 2.24) is 5.32 Å². The number of aliphatic hydroxyl groups excluding tert-OH is 1. The molecular weight excluding hydrogens is 599 g/mol. The van der Waals surface area contributed by atoms with E-state index >= 15 is 0 Å². The normalized spacial score (nSPS) is 15.0. The molecule has 0 fully saturated rings. The summed E-state index contributed by atoms with van der Waals surface area (Å²) in [6.45, 7) is 4.01. The van der Waals surface area contributed by atoms with E-state index in [0.29, 0.717) is 6.42 Å². The number of aliphatic hydroxyl groups is 1. The van der Waals surface area contributed by atoms with Gasteiger partial charge in [-0.1, -0.05) is 127 Å². The lowest BCUT2D eigenvalue weighted by atomic mass is 10.1. The molecule has 3 unspecified atom stereocenters. The summed E-state index contributed by atoms with van der Waals surface area (Å²) in [7, 11) is -4.34. The second-order valence-electron chi connectivity index (χ2n) is 12.1. The van der Waals surface area contributed by atoms with Crippen molar-refractivity contribution in [3.05, 3.63) is 48.6 Å². The third-order valence-corrected chi connectivity index (χ3v) is 8.59. The Morgan fingerprint density at radius 3 is 1.74 bits per heavy atom. The number of hydrogen-bond donors (Lipinski definition) is 4. The number of unbranched alkanes of at least 4 members (excludes halogenated alkanes) is 15. The Kier molecular flexibility index (Phi) is 32.2. The molecule has 3 atom stereocenters. The van der Waals surface area contributed by atoms with Gasteiger partial charge in [-0.3, -0.25) is 13.8 Å². The van der Waals surface area contributed by atoms with Gasteiger partial charge in [0.1, 0.15) is 0 Å². The van der Waals surface area contributed by atoms with Crippen molar-refractivity contribution in [2.24, 2.45) is 5.73 Å². The van der Waals surface area contributed by atoms with E-state index in [2.05, 4.69) is 55.6 Å². The maximum atomic E-state index is 12.7. The van der Waals surface area contributed by atoms with E-state index in [4.69, 9.17) is 14.8 Å². The first-order valence-electron chi connectivity index (χ1n) is 18.3. The first-order chi connectivity index (χ1) is 22.4. The van der Waals surface area contributed by atoms with Crippen LogP contribution in [0.5, 0.6) is 0 Å². The van der Waals surface area contributed by atoms with Gasteiger partial charge in [-0.2, -0.15) is 0 Å². The van der Waals surface area contributed by atoms with Crippen molar-refractivity contribution in [3.8, 4) is 0 Å². The zero-order valence-corrected chi connectivity index (χ0v) is 30.2. The summed E-state index contributed by atoms with van der Waals surface area (Å²) in [5.74, 6) is -0.221. The predicted molar refractivity (Wildman–Crippen MR) is 194 cm³/mol. The molecule has 46 heavy (non-hydrogen) atoms. The quantitative estimate of drug-likeness (QED) is 0.0311. The fourth-order valence-corrected chi connectivity index (χ4v) is 5.55. The van der Waals surface area contributed by atoms with Gasteiger partial charge in [-0.05, 0) is 64.2 Å². The SMILES string of the molecule is CCCC/C=C/CC/C=C/CC/C=C/C(O)C(COP(=O)(O)OCCN)NC(=O)CCCCCCC/C=C\CCCCCCCC. The lowest BCUT2D eigenvalue weighted by Crippen LogP contribution is -2.45. The third-order valence-electron chi connectivity index (χ3n) is 7.60. The summed E-state index contributed by atoms with van der Waals surface area (Å²) in [6.07, 6.45) is 38.7. The molecule has 0 aliphatic heterocycles. The third kappa shape index (κ3) is 31.1. The van der Waals surface area contributed by atoms with Crippen LogP contribution < -0.4 is 11.1 Å². The second-order valence-corrected chi connectivity index (χ2v) is 13.5. The van der Waals surface area contributed by atoms with Gasteiger partial charge < -0.3 is 21.1 Å². The minimum atomic E-state index is -4.34. The van der Waals surface area contributed by atoms with Gasteiger partial charge in [-0.15, -0.1) is 0 Å². The van der Waals surface area contributed by atoms with Gasteiger partial charge in [0.2, 0.25) is 5.91 Å². The van der Waals surface area contributed by atoms with E-state index in [1.54, 1.807) is 6.08 Å². The van der Waals surface area contributed by atoms with Crippen LogP contribution in [0.2, 0.25) is 0 Å². The number of phosphoric acid groups is 1. The van der Waals surface area contributed by atoms with Gasteiger partial charge in [0.05, 0.1) is 25.4 Å². The van der Waals surface area contributed by atoms with E-state index in [1.807, 2.05) is 6.08 Å². The van der Waals surface area contributed by atoms with Gasteiger partial charge >= 0.3 is 7.82 Å². The van der Waals surface area contributed by atoms with Crippen LogP contribution in [-0.4, -0.2) is 47.8 Å². The van der Waals surface area contributed by atoms with Gasteiger partial charge in [0.15, 0.2) is 0 Å². The van der Waals surface area contributed by atoms with Gasteiger partial charge in [-0.25, -0.2) is 4.57 Å². The molecule has 0 aromatic rings. The highest BCUT2D eigenvalue weighted by atomic mass is 31.2. The summed E-state index contributed by atoms with van der Waals surface area (Å²) in [5, 5.41) is 13.5. The fourth-order valence-electron chi connectivity index (χ4n) is 4.79. The Balaban J connectivity index is 4.42. The number of phosphoric ester groups is 1. The minimum Gasteiger partial charge on any atom is -0.387 e. The number of nitrogens with two attached hydrogens (primary N) is 1. The first-order valence-corrected chi connectivity index (χ1v) is 19.8. The van der Waals surface area contributed by atoms with Crippen molar-refractivity contribution in [2.45, 2.75) is 161 Å². The van der Waals surface area contributed by atoms with E-state index in [9.17, 15) is 19.4 Å². The average molecular weight is 669 g/mol. The van der Waals surface area contributed by atoms with E-state index in [1.165, 1.54) is 57.8 Å². The summed E-state index contributed by atoms with van der Waals surface area (Å²) in [4.78, 5) is 22.5. The molecule has 5 N–H and O–H groups in total. The summed E-state index contributed by atoms with van der Waals surface area (Å²) >= 11 is 0. The zero-order chi connectivity index (χ0) is 34.0. The molecule has 0 aliphatic rings. The molecule has 0 saturated carbocycles. The molecule has 0 heterocycles. The van der Waals surface area contributed by atoms with Crippen LogP contribution in [-0.2, 0) is 18.4 Å². The number of hydrogen-bond acceptors (Lipinski definition) is 6. The number of carbonyl (C=O) groups excluding carboxylic acids is 1. The van der Waals surface area contributed by atoms with Crippen molar-refractivity contribution in [3.63, 3.8) is 0 Å². The van der Waals surface area contributed by atoms with Gasteiger partial charge in [0, 0.05) is 13.0 Å². The summed E-state index contributed by atoms with van der Waals surface area (Å²) in [5.41, 5.74) is 5.34. The number of rotatable bonds is 33. The largest absolute Gasteiger partial charge is 0.472 e. The maximum Gasteiger partial charge on any atom is 0.472 e. The maximum absolute atomic E-state index is 12.7. The summed E-state index contributed by atoms with van der Waals surface area (Å²) in [6, 6.07) is -0.885. The van der Waals surface area contributed by atoms with Crippen molar-refractivity contribution in [1.29, 1.82) is 0 Å². The molecule has 0 saturated heterocycles. The highest BCUT2D eigenvalue weighted by molar-refractivity contribution is 7.47. The molecule has 1 amide bonds. The van der Waals surface area contributed by atoms with Crippen molar-refractivity contribution in [2.75, 3.05) is 19.8 Å². The van der Waals surface area contributed by atoms with Crippen LogP contribution in [0.1, 0.15) is 149 Å². The average Bonchev–Trinajstić information content (AvgIpc) is 3.04. The van der Waals surface area contributed by atoms with Crippen LogP contribution in [0.25, 0.3) is 0 Å². The van der Waals surface area contributed by atoms with E-state index in [0.717, 1.165) is 70.6 Å². The Bertz CT molecular complexity index is 861. The van der Waals surface area contributed by atoms with Crippen molar-refractivity contribution >= 4 is 13.7 Å². The molecule has 0 aromatic heterocycles. The lowest BCUT2D eigenvalue weighted by molar-refractivity contribution is -0.123. The standard InChI is InChI=1S/C37H69N2O6P/c1-3-5-7-9-11-13-15-17-18-19-21-23-25-27-29-31-37(41)39-35(34-45-46(42,43)44-33-32-38)36(40)30-28-26-24-22-20-16-14-12-10-8-6-4-2/h10,12,17-18,20,22,28,30,35-36,40H,3-9,11,13-16,19,21,23-27,29,31-34,38H2,1-2H3,(H,39,41)(H,42,43)/b12-10+,18-17-,22-20+,30-28+. The highest BCUT2D eigenvalue weighted by Crippen LogP contribution is 2.43. The molecule has 0 aliphatic carbocycles. The van der Waals surface area contributed by atoms with E-state index < -0.39 is 20.0 Å². The number of nitrogens with one attached hydrogen (secondary N) is 1. The highest BCUT2D eigenvalue weighted by Gasteiger charge is 2.26. The topological polar surface area (TPSA) is 131 Å². The van der Waals surface area contributed by atoms with Crippen molar-refractivity contribution < 1.29 is 28.4 Å². The molecule has 0 aromatic carbocycles. The lowest BCUT2D eigenvalue weighted by Gasteiger charge is -2.23.